The van der Waals surface area contributed by atoms with Crippen molar-refractivity contribution in [3.8, 4) is 0 Å². The number of fused-ring (bicyclic) bond motifs is 1. The van der Waals surface area contributed by atoms with E-state index in [0.29, 0.717) is 12.2 Å². The minimum atomic E-state index is -0.510. The van der Waals surface area contributed by atoms with Crippen LogP contribution in [-0.4, -0.2) is 15.5 Å². The van der Waals surface area contributed by atoms with Crippen LogP contribution in [0.2, 0.25) is 5.02 Å². The van der Waals surface area contributed by atoms with E-state index in [1.807, 2.05) is 28.8 Å². The summed E-state index contributed by atoms with van der Waals surface area (Å²) in [5.41, 5.74) is 2.36. The Balaban J connectivity index is 1.63. The highest BCUT2D eigenvalue weighted by molar-refractivity contribution is 6.31. The Bertz CT molecular complexity index is 831. The van der Waals surface area contributed by atoms with Gasteiger partial charge in [-0.25, -0.2) is 9.37 Å². The lowest BCUT2D eigenvalue weighted by Gasteiger charge is -2.07. The van der Waals surface area contributed by atoms with Gasteiger partial charge >= 0.3 is 0 Å². The number of anilines is 1. The third kappa shape index (κ3) is 3.09. The highest BCUT2D eigenvalue weighted by Crippen LogP contribution is 2.19. The highest BCUT2D eigenvalue weighted by atomic mass is 35.5. The van der Waals surface area contributed by atoms with Gasteiger partial charge < -0.3 is 9.88 Å². The molecule has 0 saturated heterocycles. The largest absolute Gasteiger partial charge is 0.330 e. The van der Waals surface area contributed by atoms with Crippen molar-refractivity contribution in [1.29, 1.82) is 0 Å². The quantitative estimate of drug-likeness (QED) is 0.794. The lowest BCUT2D eigenvalue weighted by Crippen LogP contribution is -2.14. The van der Waals surface area contributed by atoms with Crippen molar-refractivity contribution < 1.29 is 9.18 Å². The maximum Gasteiger partial charge on any atom is 0.226 e. The van der Waals surface area contributed by atoms with Crippen LogP contribution in [0.3, 0.4) is 0 Å². The van der Waals surface area contributed by atoms with Crippen LogP contribution in [0.25, 0.3) is 11.0 Å². The number of aromatic nitrogens is 2. The van der Waals surface area contributed by atoms with Crippen molar-refractivity contribution in [1.82, 2.24) is 9.55 Å². The fourth-order valence-electron chi connectivity index (χ4n) is 2.21. The molecule has 0 aliphatic rings. The number of rotatable bonds is 4. The van der Waals surface area contributed by atoms with Gasteiger partial charge in [-0.05, 0) is 30.3 Å². The monoisotopic (exact) mass is 317 g/mol. The van der Waals surface area contributed by atoms with E-state index < -0.39 is 5.82 Å². The Kier molecular flexibility index (Phi) is 4.06. The summed E-state index contributed by atoms with van der Waals surface area (Å²) in [6.45, 7) is 0.515. The number of hydrogen-bond acceptors (Lipinski definition) is 2. The zero-order valence-electron chi connectivity index (χ0n) is 11.6. The van der Waals surface area contributed by atoms with Crippen LogP contribution in [0.5, 0.6) is 0 Å². The number of carbonyl (C=O) groups excluding carboxylic acids is 1. The van der Waals surface area contributed by atoms with Gasteiger partial charge in [0.1, 0.15) is 5.82 Å². The van der Waals surface area contributed by atoms with Gasteiger partial charge in [0.05, 0.1) is 22.4 Å². The minimum absolute atomic E-state index is 0.0154. The number of hydrogen-bond donors (Lipinski definition) is 1. The van der Waals surface area contributed by atoms with Crippen molar-refractivity contribution in [2.45, 2.75) is 13.0 Å². The fourth-order valence-corrected chi connectivity index (χ4v) is 2.39. The van der Waals surface area contributed by atoms with Crippen LogP contribution < -0.4 is 5.32 Å². The molecule has 0 aliphatic heterocycles. The van der Waals surface area contributed by atoms with E-state index in [4.69, 9.17) is 11.6 Å². The van der Waals surface area contributed by atoms with Crippen LogP contribution in [0.4, 0.5) is 10.1 Å². The summed E-state index contributed by atoms with van der Waals surface area (Å²) in [7, 11) is 0. The Labute approximate surface area is 131 Å². The zero-order chi connectivity index (χ0) is 15.5. The SMILES string of the molecule is O=C(CCn1cnc2ccccc21)Nc1ccc(F)c(Cl)c1. The summed E-state index contributed by atoms with van der Waals surface area (Å²) < 4.78 is 15.0. The normalized spacial score (nSPS) is 10.8. The van der Waals surface area contributed by atoms with Crippen molar-refractivity contribution in [2.75, 3.05) is 5.32 Å². The molecule has 0 spiro atoms. The van der Waals surface area contributed by atoms with Gasteiger partial charge in [-0.2, -0.15) is 0 Å². The molecular weight excluding hydrogens is 305 g/mol. The minimum Gasteiger partial charge on any atom is -0.330 e. The Morgan fingerprint density at radius 2 is 2.09 bits per heavy atom. The highest BCUT2D eigenvalue weighted by Gasteiger charge is 2.07. The van der Waals surface area contributed by atoms with E-state index in [9.17, 15) is 9.18 Å². The van der Waals surface area contributed by atoms with Crippen molar-refractivity contribution >= 4 is 34.2 Å². The van der Waals surface area contributed by atoms with Gasteiger partial charge in [0.2, 0.25) is 5.91 Å². The molecule has 1 heterocycles. The van der Waals surface area contributed by atoms with Gasteiger partial charge in [0, 0.05) is 18.7 Å². The Morgan fingerprint density at radius 3 is 2.91 bits per heavy atom. The van der Waals surface area contributed by atoms with E-state index in [2.05, 4.69) is 10.3 Å². The number of amides is 1. The van der Waals surface area contributed by atoms with Crippen LogP contribution in [0, 0.1) is 5.82 Å². The predicted octanol–water partition coefficient (Wildman–Crippen LogP) is 3.86. The molecule has 0 aliphatic carbocycles. The van der Waals surface area contributed by atoms with Crippen LogP contribution in [0.15, 0.2) is 48.8 Å². The molecule has 3 aromatic rings. The third-order valence-corrected chi connectivity index (χ3v) is 3.60. The number of imidazole rings is 1. The van der Waals surface area contributed by atoms with Gasteiger partial charge in [-0.15, -0.1) is 0 Å². The van der Waals surface area contributed by atoms with Crippen molar-refractivity contribution in [3.05, 3.63) is 59.6 Å². The summed E-state index contributed by atoms with van der Waals surface area (Å²) in [6, 6.07) is 11.8. The van der Waals surface area contributed by atoms with Crippen LogP contribution >= 0.6 is 11.6 Å². The van der Waals surface area contributed by atoms with Gasteiger partial charge in [0.15, 0.2) is 0 Å². The summed E-state index contributed by atoms with van der Waals surface area (Å²) in [5, 5.41) is 2.68. The third-order valence-electron chi connectivity index (χ3n) is 3.31. The molecule has 1 aromatic heterocycles. The van der Waals surface area contributed by atoms with Gasteiger partial charge in [0.25, 0.3) is 0 Å². The first-order valence-electron chi connectivity index (χ1n) is 6.78. The van der Waals surface area contributed by atoms with E-state index >= 15 is 0 Å². The lowest BCUT2D eigenvalue weighted by atomic mass is 10.3. The molecule has 112 valence electrons. The molecule has 3 rings (SSSR count). The van der Waals surface area contributed by atoms with Crippen molar-refractivity contribution in [3.63, 3.8) is 0 Å². The van der Waals surface area contributed by atoms with Gasteiger partial charge in [-0.3, -0.25) is 4.79 Å². The standard InChI is InChI=1S/C16H13ClFN3O/c17-12-9-11(5-6-13(12)18)20-16(22)7-8-21-10-19-14-3-1-2-4-15(14)21/h1-6,9-10H,7-8H2,(H,20,22). The first kappa shape index (κ1) is 14.5. The number of halogens is 2. The first-order chi connectivity index (χ1) is 10.6. The number of aryl methyl sites for hydroxylation is 1. The molecule has 1 N–H and O–H groups in total. The fraction of sp³-hybridized carbons (Fsp3) is 0.125. The molecule has 0 atom stereocenters. The van der Waals surface area contributed by atoms with Gasteiger partial charge in [-0.1, -0.05) is 23.7 Å². The molecule has 0 fully saturated rings. The average molecular weight is 318 g/mol. The smallest absolute Gasteiger partial charge is 0.226 e. The summed E-state index contributed by atoms with van der Waals surface area (Å²) >= 11 is 5.68. The maximum absolute atomic E-state index is 13.1. The molecule has 22 heavy (non-hydrogen) atoms. The summed E-state index contributed by atoms with van der Waals surface area (Å²) in [6.07, 6.45) is 2.00. The van der Waals surface area contributed by atoms with E-state index in [1.54, 1.807) is 6.33 Å². The average Bonchev–Trinajstić information content (AvgIpc) is 2.92. The predicted molar refractivity (Wildman–Crippen MR) is 84.4 cm³/mol. The van der Waals surface area contributed by atoms with Crippen LogP contribution in [-0.2, 0) is 11.3 Å². The maximum atomic E-state index is 13.1. The zero-order valence-corrected chi connectivity index (χ0v) is 12.3. The molecular formula is C16H13ClFN3O. The van der Waals surface area contributed by atoms with Crippen molar-refractivity contribution in [2.24, 2.45) is 0 Å². The summed E-state index contributed by atoms with van der Waals surface area (Å²) in [5.74, 6) is -0.676. The van der Waals surface area contributed by atoms with E-state index in [0.717, 1.165) is 11.0 Å². The topological polar surface area (TPSA) is 46.9 Å². The summed E-state index contributed by atoms with van der Waals surface area (Å²) in [4.78, 5) is 16.2. The molecule has 0 saturated carbocycles. The Morgan fingerprint density at radius 1 is 1.27 bits per heavy atom. The number of nitrogens with zero attached hydrogens (tertiary/aromatic N) is 2. The molecule has 0 bridgehead atoms. The second-order valence-electron chi connectivity index (χ2n) is 4.85. The number of para-hydroxylation sites is 2. The second-order valence-corrected chi connectivity index (χ2v) is 5.26. The second kappa shape index (κ2) is 6.15. The molecule has 0 radical (unpaired) electrons. The molecule has 1 amide bonds. The number of nitrogens with one attached hydrogen (secondary N) is 1. The molecule has 6 heteroatoms. The Hall–Kier alpha value is -2.40. The van der Waals surface area contributed by atoms with Crippen LogP contribution in [0.1, 0.15) is 6.42 Å². The first-order valence-corrected chi connectivity index (χ1v) is 7.16. The molecule has 4 nitrogen and oxygen atoms in total. The van der Waals surface area contributed by atoms with E-state index in [-0.39, 0.29) is 17.4 Å². The van der Waals surface area contributed by atoms with E-state index in [1.165, 1.54) is 18.2 Å². The lowest BCUT2D eigenvalue weighted by molar-refractivity contribution is -0.116. The molecule has 2 aromatic carbocycles. The number of carbonyl (C=O) groups is 1. The molecule has 0 unspecified atom stereocenters. The number of benzene rings is 2.